The number of benzene rings is 2. The first-order valence-electron chi connectivity index (χ1n) is 8.09. The molecule has 3 aromatic rings. The van der Waals surface area contributed by atoms with Crippen molar-refractivity contribution in [3.8, 4) is 11.5 Å². The molecule has 0 saturated carbocycles. The molecule has 1 heterocycles. The third-order valence-corrected chi connectivity index (χ3v) is 4.07. The minimum atomic E-state index is -0.633. The largest absolute Gasteiger partial charge is 0.493 e. The number of nitrogens with zero attached hydrogens (tertiary/aromatic N) is 1. The van der Waals surface area contributed by atoms with Crippen molar-refractivity contribution < 1.29 is 23.5 Å². The van der Waals surface area contributed by atoms with Gasteiger partial charge in [-0.3, -0.25) is 4.79 Å². The smallest absolute Gasteiger partial charge is 0.379 e. The number of carbonyl (C=O) groups excluding carboxylic acids is 2. The number of ether oxygens (including phenoxy) is 2. The average molecular weight is 443 g/mol. The molecule has 0 saturated heterocycles. The minimum Gasteiger partial charge on any atom is -0.493 e. The van der Waals surface area contributed by atoms with Crippen molar-refractivity contribution in [1.29, 1.82) is 0 Å². The molecule has 0 aliphatic rings. The first kappa shape index (κ1) is 19.4. The zero-order valence-corrected chi connectivity index (χ0v) is 16.3. The second-order valence-electron chi connectivity index (χ2n) is 5.49. The van der Waals surface area contributed by atoms with Gasteiger partial charge in [0.15, 0.2) is 11.5 Å². The third kappa shape index (κ3) is 4.86. The molecule has 0 unspecified atom stereocenters. The van der Waals surface area contributed by atoms with Gasteiger partial charge >= 0.3 is 5.97 Å². The molecule has 1 amide bonds. The number of carbonyl (C=O) groups is 2. The van der Waals surface area contributed by atoms with Crippen LogP contribution in [-0.2, 0) is 0 Å². The molecule has 0 aliphatic carbocycles. The number of methoxy groups -OCH3 is 1. The molecule has 0 spiro atoms. The highest BCUT2D eigenvalue weighted by Crippen LogP contribution is 2.28. The van der Waals surface area contributed by atoms with Gasteiger partial charge in [0.25, 0.3) is 5.91 Å². The molecule has 1 aromatic heterocycles. The quantitative estimate of drug-likeness (QED) is 0.269. The maximum Gasteiger partial charge on any atom is 0.379 e. The summed E-state index contributed by atoms with van der Waals surface area (Å²) in [5.74, 6) is -0.316. The summed E-state index contributed by atoms with van der Waals surface area (Å²) in [6, 6.07) is 14.9. The van der Waals surface area contributed by atoms with Crippen LogP contribution < -0.4 is 14.9 Å². The Labute approximate surface area is 169 Å². The van der Waals surface area contributed by atoms with E-state index in [4.69, 9.17) is 13.9 Å². The molecular formula is C20H15BrN2O5. The van der Waals surface area contributed by atoms with E-state index in [1.165, 1.54) is 25.7 Å². The van der Waals surface area contributed by atoms with Crippen molar-refractivity contribution in [2.75, 3.05) is 7.11 Å². The Bertz CT molecular complexity index is 1020. The number of hydrogen-bond donors (Lipinski definition) is 1. The lowest BCUT2D eigenvalue weighted by Crippen LogP contribution is -2.17. The van der Waals surface area contributed by atoms with Crippen LogP contribution in [0.15, 0.2) is 74.9 Å². The van der Waals surface area contributed by atoms with E-state index in [0.29, 0.717) is 16.9 Å². The van der Waals surface area contributed by atoms with Crippen LogP contribution >= 0.6 is 15.9 Å². The first-order valence-corrected chi connectivity index (χ1v) is 8.89. The van der Waals surface area contributed by atoms with E-state index in [9.17, 15) is 9.59 Å². The molecule has 7 nitrogen and oxygen atoms in total. The monoisotopic (exact) mass is 442 g/mol. The summed E-state index contributed by atoms with van der Waals surface area (Å²) >= 11 is 3.31. The van der Waals surface area contributed by atoms with Crippen LogP contribution in [0.5, 0.6) is 11.5 Å². The maximum absolute atomic E-state index is 12.1. The van der Waals surface area contributed by atoms with Gasteiger partial charge in [0, 0.05) is 10.0 Å². The van der Waals surface area contributed by atoms with Gasteiger partial charge in [-0.2, -0.15) is 5.10 Å². The van der Waals surface area contributed by atoms with Gasteiger partial charge in [0.1, 0.15) is 0 Å². The fourth-order valence-corrected chi connectivity index (χ4v) is 2.65. The number of hydrogen-bond acceptors (Lipinski definition) is 6. The van der Waals surface area contributed by atoms with Crippen molar-refractivity contribution in [1.82, 2.24) is 5.43 Å². The molecule has 0 aliphatic heterocycles. The van der Waals surface area contributed by atoms with Crippen molar-refractivity contribution >= 4 is 34.0 Å². The Balaban J connectivity index is 1.67. The predicted molar refractivity (Wildman–Crippen MR) is 106 cm³/mol. The molecule has 0 fully saturated rings. The summed E-state index contributed by atoms with van der Waals surface area (Å²) in [6.45, 7) is 0. The number of rotatable bonds is 6. The fraction of sp³-hybridized carbons (Fsp3) is 0.0500. The lowest BCUT2D eigenvalue weighted by atomic mass is 10.2. The van der Waals surface area contributed by atoms with E-state index in [1.807, 2.05) is 6.07 Å². The Morgan fingerprint density at radius 2 is 1.96 bits per heavy atom. The summed E-state index contributed by atoms with van der Waals surface area (Å²) in [4.78, 5) is 24.0. The maximum atomic E-state index is 12.1. The second-order valence-corrected chi connectivity index (χ2v) is 6.40. The highest BCUT2D eigenvalue weighted by atomic mass is 79.9. The van der Waals surface area contributed by atoms with Gasteiger partial charge in [-0.25, -0.2) is 10.2 Å². The zero-order valence-electron chi connectivity index (χ0n) is 14.7. The van der Waals surface area contributed by atoms with Gasteiger partial charge < -0.3 is 13.9 Å². The first-order chi connectivity index (χ1) is 13.6. The summed E-state index contributed by atoms with van der Waals surface area (Å²) in [5.41, 5.74) is 3.57. The Morgan fingerprint density at radius 1 is 1.11 bits per heavy atom. The van der Waals surface area contributed by atoms with Crippen LogP contribution in [-0.4, -0.2) is 25.2 Å². The summed E-state index contributed by atoms with van der Waals surface area (Å²) in [5, 5.41) is 3.94. The van der Waals surface area contributed by atoms with E-state index >= 15 is 0 Å². The Kier molecular flexibility index (Phi) is 6.23. The van der Waals surface area contributed by atoms with Gasteiger partial charge in [0.2, 0.25) is 5.76 Å². The van der Waals surface area contributed by atoms with E-state index in [-0.39, 0.29) is 17.4 Å². The molecule has 2 aromatic carbocycles. The topological polar surface area (TPSA) is 90.1 Å². The fourth-order valence-electron chi connectivity index (χ4n) is 2.25. The van der Waals surface area contributed by atoms with Gasteiger partial charge in [-0.15, -0.1) is 0 Å². The van der Waals surface area contributed by atoms with E-state index in [0.717, 1.165) is 4.47 Å². The molecule has 8 heteroatoms. The number of halogens is 1. The zero-order chi connectivity index (χ0) is 19.9. The van der Waals surface area contributed by atoms with Crippen LogP contribution in [0, 0.1) is 0 Å². The molecule has 0 radical (unpaired) electrons. The Morgan fingerprint density at radius 3 is 2.68 bits per heavy atom. The molecule has 1 N–H and O–H groups in total. The van der Waals surface area contributed by atoms with E-state index in [1.54, 1.807) is 42.5 Å². The third-order valence-electron chi connectivity index (χ3n) is 3.58. The minimum absolute atomic E-state index is 0.0861. The molecular weight excluding hydrogens is 428 g/mol. The molecule has 0 bridgehead atoms. The van der Waals surface area contributed by atoms with E-state index < -0.39 is 5.97 Å². The van der Waals surface area contributed by atoms with Crippen LogP contribution in [0.3, 0.4) is 0 Å². The van der Waals surface area contributed by atoms with Gasteiger partial charge in [-0.1, -0.05) is 22.0 Å². The number of amides is 1. The number of furan rings is 1. The van der Waals surface area contributed by atoms with Crippen LogP contribution in [0.1, 0.15) is 26.5 Å². The normalized spacial score (nSPS) is 10.6. The number of hydrazone groups is 1. The van der Waals surface area contributed by atoms with Crippen LogP contribution in [0.25, 0.3) is 0 Å². The standard InChI is InChI=1S/C20H15BrN2O5/c1-26-18-10-13(7-8-16(18)28-20(25)17-6-3-9-27-17)12-22-23-19(24)14-4-2-5-15(21)11-14/h2-12H,1H3,(H,23,24)/b22-12-. The molecule has 0 atom stereocenters. The molecule has 3 rings (SSSR count). The molecule has 142 valence electrons. The van der Waals surface area contributed by atoms with Crippen molar-refractivity contribution in [3.63, 3.8) is 0 Å². The van der Waals surface area contributed by atoms with E-state index in [2.05, 4.69) is 26.5 Å². The van der Waals surface area contributed by atoms with Crippen molar-refractivity contribution in [3.05, 3.63) is 82.2 Å². The summed E-state index contributed by atoms with van der Waals surface area (Å²) in [6.07, 6.45) is 2.84. The lowest BCUT2D eigenvalue weighted by molar-refractivity contribution is 0.0696. The van der Waals surface area contributed by atoms with Crippen LogP contribution in [0.4, 0.5) is 0 Å². The highest BCUT2D eigenvalue weighted by Gasteiger charge is 2.14. The number of nitrogens with one attached hydrogen (secondary N) is 1. The predicted octanol–water partition coefficient (Wildman–Crippen LogP) is 4.03. The SMILES string of the molecule is COc1cc(/C=N\NC(=O)c2cccc(Br)c2)ccc1OC(=O)c1ccco1. The van der Waals surface area contributed by atoms with Crippen molar-refractivity contribution in [2.45, 2.75) is 0 Å². The number of esters is 1. The molecule has 28 heavy (non-hydrogen) atoms. The average Bonchev–Trinajstić information content (AvgIpc) is 3.24. The van der Waals surface area contributed by atoms with Gasteiger partial charge in [-0.05, 0) is 54.1 Å². The lowest BCUT2D eigenvalue weighted by Gasteiger charge is -2.09. The summed E-state index contributed by atoms with van der Waals surface area (Å²) < 4.78 is 16.3. The Hall–Kier alpha value is -3.39. The van der Waals surface area contributed by atoms with Crippen molar-refractivity contribution in [2.24, 2.45) is 5.10 Å². The second kappa shape index (κ2) is 9.01. The summed E-state index contributed by atoms with van der Waals surface area (Å²) in [7, 11) is 1.45. The van der Waals surface area contributed by atoms with Crippen LogP contribution in [0.2, 0.25) is 0 Å². The van der Waals surface area contributed by atoms with Gasteiger partial charge in [0.05, 0.1) is 19.6 Å². The highest BCUT2D eigenvalue weighted by molar-refractivity contribution is 9.10.